The maximum atomic E-state index is 11.3. The molecule has 2 unspecified atom stereocenters. The van der Waals surface area contributed by atoms with E-state index in [-0.39, 0.29) is 0 Å². The van der Waals surface area contributed by atoms with E-state index in [4.69, 9.17) is 0 Å². The van der Waals surface area contributed by atoms with Gasteiger partial charge in [-0.15, -0.1) is 0 Å². The van der Waals surface area contributed by atoms with Gasteiger partial charge in [-0.2, -0.15) is 0 Å². The molecule has 1 aliphatic carbocycles. The normalized spacial score (nSPS) is 29.7. The zero-order chi connectivity index (χ0) is 11.9. The minimum atomic E-state index is 0.310. The predicted octanol–water partition coefficient (Wildman–Crippen LogP) is 2.85. The van der Waals surface area contributed by atoms with Crippen molar-refractivity contribution >= 4 is 5.78 Å². The van der Waals surface area contributed by atoms with E-state index in [1.165, 1.54) is 5.70 Å². The zero-order valence-corrected chi connectivity index (χ0v) is 10.8. The van der Waals surface area contributed by atoms with Crippen molar-refractivity contribution < 1.29 is 4.79 Å². The minimum Gasteiger partial charge on any atom is -0.375 e. The number of likely N-dealkylation sites (tertiary alicyclic amines) is 1. The summed E-state index contributed by atoms with van der Waals surface area (Å²) < 4.78 is 0. The lowest BCUT2D eigenvalue weighted by atomic mass is 9.90. The number of Topliss-reactive ketones (excluding diaryl/α,β-unsaturated/α-hetero) is 1. The van der Waals surface area contributed by atoms with E-state index in [0.717, 1.165) is 32.4 Å². The van der Waals surface area contributed by atoms with Crippen LogP contribution >= 0.6 is 0 Å². The second-order valence-electron chi connectivity index (χ2n) is 6.68. The second kappa shape index (κ2) is 3.90. The second-order valence-corrected chi connectivity index (χ2v) is 6.68. The molecular weight excluding hydrogens is 198 g/mol. The summed E-state index contributed by atoms with van der Waals surface area (Å²) >= 11 is 0. The van der Waals surface area contributed by atoms with Crippen LogP contribution in [0.25, 0.3) is 0 Å². The molecule has 2 fully saturated rings. The molecule has 16 heavy (non-hydrogen) atoms. The number of carbonyl (C=O) groups excluding carboxylic acids is 1. The Balaban J connectivity index is 1.90. The van der Waals surface area contributed by atoms with Gasteiger partial charge in [0.15, 0.2) is 0 Å². The number of carbonyl (C=O) groups is 1. The Bertz CT molecular complexity index is 297. The average Bonchev–Trinajstić information content (AvgIpc) is 2.56. The standard InChI is InChI=1S/C14H23NO/c1-10(7-14(2,3)4)15-8-11-5-13(16)6-12(11)9-15/h11-12H,1,5-9H2,2-4H3. The van der Waals surface area contributed by atoms with Crippen LogP contribution in [-0.4, -0.2) is 23.8 Å². The average molecular weight is 221 g/mol. The number of nitrogens with zero attached hydrogens (tertiary/aromatic N) is 1. The molecule has 0 spiro atoms. The van der Waals surface area contributed by atoms with Crippen molar-refractivity contribution in [2.24, 2.45) is 17.3 Å². The van der Waals surface area contributed by atoms with Crippen LogP contribution in [0.3, 0.4) is 0 Å². The van der Waals surface area contributed by atoms with Crippen molar-refractivity contribution in [3.05, 3.63) is 12.3 Å². The first-order valence-electron chi connectivity index (χ1n) is 6.29. The van der Waals surface area contributed by atoms with Crippen LogP contribution in [0.15, 0.2) is 12.3 Å². The van der Waals surface area contributed by atoms with Crippen molar-refractivity contribution in [1.29, 1.82) is 0 Å². The summed E-state index contributed by atoms with van der Waals surface area (Å²) in [6.45, 7) is 13.1. The Hall–Kier alpha value is -0.790. The molecule has 1 saturated carbocycles. The van der Waals surface area contributed by atoms with Crippen molar-refractivity contribution in [3.63, 3.8) is 0 Å². The summed E-state index contributed by atoms with van der Waals surface area (Å²) in [7, 11) is 0. The Morgan fingerprint density at radius 1 is 1.31 bits per heavy atom. The van der Waals surface area contributed by atoms with Gasteiger partial charge in [-0.1, -0.05) is 27.4 Å². The van der Waals surface area contributed by atoms with Crippen LogP contribution in [-0.2, 0) is 4.79 Å². The van der Waals surface area contributed by atoms with Crippen molar-refractivity contribution in [1.82, 2.24) is 4.90 Å². The molecule has 1 saturated heterocycles. The van der Waals surface area contributed by atoms with Crippen LogP contribution in [0.4, 0.5) is 0 Å². The minimum absolute atomic E-state index is 0.310. The fourth-order valence-electron chi connectivity index (χ4n) is 3.05. The number of fused-ring (bicyclic) bond motifs is 1. The van der Waals surface area contributed by atoms with E-state index in [2.05, 4.69) is 32.3 Å². The van der Waals surface area contributed by atoms with Gasteiger partial charge in [-0.05, 0) is 23.7 Å². The molecule has 2 nitrogen and oxygen atoms in total. The quantitative estimate of drug-likeness (QED) is 0.714. The van der Waals surface area contributed by atoms with E-state index < -0.39 is 0 Å². The Kier molecular flexibility index (Phi) is 2.85. The van der Waals surface area contributed by atoms with Crippen LogP contribution in [0.2, 0.25) is 0 Å². The lowest BCUT2D eigenvalue weighted by Crippen LogP contribution is -2.24. The highest BCUT2D eigenvalue weighted by molar-refractivity contribution is 5.81. The fourth-order valence-corrected chi connectivity index (χ4v) is 3.05. The summed E-state index contributed by atoms with van der Waals surface area (Å²) in [5, 5.41) is 0. The SMILES string of the molecule is C=C(CC(C)(C)C)N1CC2CC(=O)CC2C1. The van der Waals surface area contributed by atoms with Gasteiger partial charge in [-0.25, -0.2) is 0 Å². The van der Waals surface area contributed by atoms with Crippen molar-refractivity contribution in [2.75, 3.05) is 13.1 Å². The van der Waals surface area contributed by atoms with Gasteiger partial charge in [0.1, 0.15) is 5.78 Å². The van der Waals surface area contributed by atoms with Gasteiger partial charge in [0.05, 0.1) is 0 Å². The molecule has 0 aromatic carbocycles. The summed E-state index contributed by atoms with van der Waals surface area (Å²) in [4.78, 5) is 13.7. The number of allylic oxidation sites excluding steroid dienone is 1. The molecule has 2 heteroatoms. The molecule has 90 valence electrons. The number of hydrogen-bond donors (Lipinski definition) is 0. The molecule has 2 rings (SSSR count). The molecule has 0 aromatic heterocycles. The topological polar surface area (TPSA) is 20.3 Å². The lowest BCUT2D eigenvalue weighted by Gasteiger charge is -2.27. The first-order valence-corrected chi connectivity index (χ1v) is 6.29. The number of hydrogen-bond acceptors (Lipinski definition) is 2. The molecule has 1 heterocycles. The summed E-state index contributed by atoms with van der Waals surface area (Å²) in [6, 6.07) is 0. The molecule has 0 bridgehead atoms. The molecule has 1 aliphatic heterocycles. The summed E-state index contributed by atoms with van der Waals surface area (Å²) in [6.07, 6.45) is 2.67. The molecule has 0 amide bonds. The third kappa shape index (κ3) is 2.47. The molecule has 0 aromatic rings. The van der Waals surface area contributed by atoms with Crippen molar-refractivity contribution in [3.8, 4) is 0 Å². The zero-order valence-electron chi connectivity index (χ0n) is 10.8. The highest BCUT2D eigenvalue weighted by Crippen LogP contribution is 2.38. The first-order chi connectivity index (χ1) is 7.35. The van der Waals surface area contributed by atoms with Gasteiger partial charge in [0.25, 0.3) is 0 Å². The Labute approximate surface area is 98.7 Å². The van der Waals surface area contributed by atoms with Crippen LogP contribution < -0.4 is 0 Å². The van der Waals surface area contributed by atoms with E-state index in [9.17, 15) is 4.79 Å². The van der Waals surface area contributed by atoms with Gasteiger partial charge in [0, 0.05) is 31.6 Å². The Morgan fingerprint density at radius 2 is 1.81 bits per heavy atom. The number of rotatable bonds is 2. The van der Waals surface area contributed by atoms with Gasteiger partial charge >= 0.3 is 0 Å². The molecule has 2 atom stereocenters. The predicted molar refractivity (Wildman–Crippen MR) is 66.0 cm³/mol. The van der Waals surface area contributed by atoms with Gasteiger partial charge in [-0.3, -0.25) is 4.79 Å². The molecule has 0 N–H and O–H groups in total. The largest absolute Gasteiger partial charge is 0.375 e. The van der Waals surface area contributed by atoms with Gasteiger partial charge in [0.2, 0.25) is 0 Å². The Morgan fingerprint density at radius 3 is 2.25 bits per heavy atom. The molecule has 0 radical (unpaired) electrons. The third-order valence-electron chi connectivity index (χ3n) is 3.74. The summed E-state index contributed by atoms with van der Waals surface area (Å²) in [5.41, 5.74) is 1.57. The highest BCUT2D eigenvalue weighted by atomic mass is 16.1. The highest BCUT2D eigenvalue weighted by Gasteiger charge is 2.40. The van der Waals surface area contributed by atoms with Crippen molar-refractivity contribution in [2.45, 2.75) is 40.0 Å². The van der Waals surface area contributed by atoms with E-state index in [1.807, 2.05) is 0 Å². The number of ketones is 1. The first kappa shape index (κ1) is 11.7. The monoisotopic (exact) mass is 221 g/mol. The molecule has 2 aliphatic rings. The maximum Gasteiger partial charge on any atom is 0.133 e. The van der Waals surface area contributed by atoms with E-state index in [1.54, 1.807) is 0 Å². The fraction of sp³-hybridized carbons (Fsp3) is 0.786. The summed E-state index contributed by atoms with van der Waals surface area (Å²) in [5.74, 6) is 1.70. The van der Waals surface area contributed by atoms with Crippen LogP contribution in [0.1, 0.15) is 40.0 Å². The third-order valence-corrected chi connectivity index (χ3v) is 3.74. The van der Waals surface area contributed by atoms with Gasteiger partial charge < -0.3 is 4.90 Å². The smallest absolute Gasteiger partial charge is 0.133 e. The maximum absolute atomic E-state index is 11.3. The van der Waals surface area contributed by atoms with E-state index in [0.29, 0.717) is 23.0 Å². The lowest BCUT2D eigenvalue weighted by molar-refractivity contribution is -0.117. The van der Waals surface area contributed by atoms with Crippen LogP contribution in [0.5, 0.6) is 0 Å². The molecular formula is C14H23NO. The van der Waals surface area contributed by atoms with Crippen LogP contribution in [0, 0.1) is 17.3 Å². The van der Waals surface area contributed by atoms with E-state index >= 15 is 0 Å².